The smallest absolute Gasteiger partial charge is 0.261 e. The topological polar surface area (TPSA) is 71.1 Å². The maximum Gasteiger partial charge on any atom is 0.261 e. The highest BCUT2D eigenvalue weighted by Crippen LogP contribution is 2.08. The van der Waals surface area contributed by atoms with E-state index in [1.54, 1.807) is 0 Å². The lowest BCUT2D eigenvalue weighted by atomic mass is 10.5. The molecule has 0 saturated heterocycles. The van der Waals surface area contributed by atoms with Crippen molar-refractivity contribution in [2.24, 2.45) is 0 Å². The van der Waals surface area contributed by atoms with E-state index < -0.39 is 20.9 Å². The summed E-state index contributed by atoms with van der Waals surface area (Å²) >= 11 is 0. The van der Waals surface area contributed by atoms with Crippen molar-refractivity contribution < 1.29 is 12.8 Å². The van der Waals surface area contributed by atoms with Crippen LogP contribution in [0.15, 0.2) is 23.4 Å². The van der Waals surface area contributed by atoms with Crippen LogP contribution < -0.4 is 10.0 Å². The van der Waals surface area contributed by atoms with Crippen molar-refractivity contribution in [2.75, 3.05) is 19.6 Å². The lowest BCUT2D eigenvalue weighted by molar-refractivity contribution is 0.542. The Hall–Kier alpha value is -1.05. The van der Waals surface area contributed by atoms with Crippen molar-refractivity contribution in [3.05, 3.63) is 24.1 Å². The Kier molecular flexibility index (Phi) is 5.46. The fourth-order valence-electron chi connectivity index (χ4n) is 1.21. The van der Waals surface area contributed by atoms with Crippen LogP contribution in [0.1, 0.15) is 13.3 Å². The van der Waals surface area contributed by atoms with Gasteiger partial charge >= 0.3 is 0 Å². The Bertz CT molecular complexity index is 451. The summed E-state index contributed by atoms with van der Waals surface area (Å²) in [6.07, 6.45) is 2.22. The third-order valence-corrected chi connectivity index (χ3v) is 3.39. The lowest BCUT2D eigenvalue weighted by Crippen LogP contribution is -2.33. The van der Waals surface area contributed by atoms with Gasteiger partial charge in [0.15, 0.2) is 5.82 Å². The maximum atomic E-state index is 13.2. The highest BCUT2D eigenvalue weighted by atomic mass is 32.2. The molecule has 1 aromatic heterocycles. The summed E-state index contributed by atoms with van der Waals surface area (Å²) in [5, 5.41) is 2.47. The van der Waals surface area contributed by atoms with Crippen LogP contribution in [0.25, 0.3) is 0 Å². The standard InChI is InChI=1S/C10H16FN3O2S/c1-2-5-12-7-8-14-17(15,16)10-9(11)4-3-6-13-10/h3-4,6,12,14H,2,5,7-8H2,1H3. The second kappa shape index (κ2) is 6.63. The van der Waals surface area contributed by atoms with Gasteiger partial charge in [0.25, 0.3) is 10.0 Å². The molecule has 1 heterocycles. The number of nitrogens with zero attached hydrogens (tertiary/aromatic N) is 1. The molecule has 0 aliphatic rings. The predicted octanol–water partition coefficient (Wildman–Crippen LogP) is 0.499. The summed E-state index contributed by atoms with van der Waals surface area (Å²) in [5.41, 5.74) is 0. The number of hydrogen-bond donors (Lipinski definition) is 2. The zero-order valence-corrected chi connectivity index (χ0v) is 10.4. The highest BCUT2D eigenvalue weighted by molar-refractivity contribution is 7.89. The molecule has 96 valence electrons. The Morgan fingerprint density at radius 2 is 2.12 bits per heavy atom. The second-order valence-electron chi connectivity index (χ2n) is 3.44. The molecule has 0 aromatic carbocycles. The van der Waals surface area contributed by atoms with Crippen LogP contribution >= 0.6 is 0 Å². The van der Waals surface area contributed by atoms with Gasteiger partial charge in [0.2, 0.25) is 5.03 Å². The average molecular weight is 261 g/mol. The molecule has 0 bridgehead atoms. The van der Waals surface area contributed by atoms with Gasteiger partial charge in [-0.1, -0.05) is 6.92 Å². The van der Waals surface area contributed by atoms with Gasteiger partial charge in [0.1, 0.15) is 0 Å². The van der Waals surface area contributed by atoms with Crippen molar-refractivity contribution in [2.45, 2.75) is 18.4 Å². The minimum absolute atomic E-state index is 0.207. The quantitative estimate of drug-likeness (QED) is 0.701. The number of rotatable bonds is 7. The summed E-state index contributed by atoms with van der Waals surface area (Å²) in [4.78, 5) is 3.52. The first-order valence-corrected chi connectivity index (χ1v) is 6.87. The van der Waals surface area contributed by atoms with Crippen LogP contribution in [0.4, 0.5) is 4.39 Å². The molecule has 0 spiro atoms. The first kappa shape index (κ1) is 14.0. The molecular weight excluding hydrogens is 245 g/mol. The van der Waals surface area contributed by atoms with E-state index in [1.807, 2.05) is 6.92 Å². The zero-order valence-electron chi connectivity index (χ0n) is 9.61. The summed E-state index contributed by atoms with van der Waals surface area (Å²) < 4.78 is 38.8. The van der Waals surface area contributed by atoms with E-state index in [-0.39, 0.29) is 6.54 Å². The Balaban J connectivity index is 2.55. The van der Waals surface area contributed by atoms with Crippen molar-refractivity contribution in [1.29, 1.82) is 0 Å². The number of pyridine rings is 1. The molecule has 0 aliphatic heterocycles. The van der Waals surface area contributed by atoms with Crippen molar-refractivity contribution in [1.82, 2.24) is 15.0 Å². The number of halogens is 1. The molecule has 17 heavy (non-hydrogen) atoms. The van der Waals surface area contributed by atoms with Crippen molar-refractivity contribution in [3.63, 3.8) is 0 Å². The second-order valence-corrected chi connectivity index (χ2v) is 5.12. The van der Waals surface area contributed by atoms with Crippen LogP contribution in [0.5, 0.6) is 0 Å². The molecule has 2 N–H and O–H groups in total. The third kappa shape index (κ3) is 4.37. The summed E-state index contributed by atoms with van der Waals surface area (Å²) in [6.45, 7) is 3.54. The molecule has 0 atom stereocenters. The molecule has 0 unspecified atom stereocenters. The molecule has 5 nitrogen and oxygen atoms in total. The Morgan fingerprint density at radius 1 is 1.35 bits per heavy atom. The predicted molar refractivity (Wildman–Crippen MR) is 62.5 cm³/mol. The van der Waals surface area contributed by atoms with Crippen LogP contribution in [0.3, 0.4) is 0 Å². The molecular formula is C10H16FN3O2S. The minimum atomic E-state index is -3.85. The number of hydrogen-bond acceptors (Lipinski definition) is 4. The number of aromatic nitrogens is 1. The van der Waals surface area contributed by atoms with E-state index in [0.717, 1.165) is 19.0 Å². The van der Waals surface area contributed by atoms with Crippen LogP contribution in [-0.2, 0) is 10.0 Å². The fraction of sp³-hybridized carbons (Fsp3) is 0.500. The maximum absolute atomic E-state index is 13.2. The van der Waals surface area contributed by atoms with Gasteiger partial charge in [0.05, 0.1) is 0 Å². The zero-order chi connectivity index (χ0) is 12.7. The van der Waals surface area contributed by atoms with Crippen LogP contribution in [0.2, 0.25) is 0 Å². The summed E-state index contributed by atoms with van der Waals surface area (Å²) in [6, 6.07) is 2.41. The third-order valence-electron chi connectivity index (χ3n) is 2.00. The van der Waals surface area contributed by atoms with E-state index in [4.69, 9.17) is 0 Å². The van der Waals surface area contributed by atoms with Gasteiger partial charge in [-0.2, -0.15) is 0 Å². The van der Waals surface area contributed by atoms with E-state index in [1.165, 1.54) is 12.3 Å². The number of nitrogens with one attached hydrogen (secondary N) is 2. The van der Waals surface area contributed by atoms with Gasteiger partial charge in [0, 0.05) is 19.3 Å². The molecule has 0 aliphatic carbocycles. The van der Waals surface area contributed by atoms with E-state index in [0.29, 0.717) is 6.54 Å². The average Bonchev–Trinajstić information content (AvgIpc) is 2.29. The Morgan fingerprint density at radius 3 is 2.76 bits per heavy atom. The van der Waals surface area contributed by atoms with Gasteiger partial charge in [-0.05, 0) is 25.1 Å². The van der Waals surface area contributed by atoms with Gasteiger partial charge in [-0.3, -0.25) is 0 Å². The molecule has 7 heteroatoms. The van der Waals surface area contributed by atoms with Crippen molar-refractivity contribution in [3.8, 4) is 0 Å². The van der Waals surface area contributed by atoms with Crippen LogP contribution in [-0.4, -0.2) is 33.0 Å². The lowest BCUT2D eigenvalue weighted by Gasteiger charge is -2.07. The fourth-order valence-corrected chi connectivity index (χ4v) is 2.24. The van der Waals surface area contributed by atoms with Gasteiger partial charge < -0.3 is 5.32 Å². The molecule has 0 fully saturated rings. The van der Waals surface area contributed by atoms with Gasteiger partial charge in [-0.15, -0.1) is 0 Å². The molecule has 0 saturated carbocycles. The van der Waals surface area contributed by atoms with Gasteiger partial charge in [-0.25, -0.2) is 22.5 Å². The Labute approximate surface area is 101 Å². The minimum Gasteiger partial charge on any atom is -0.315 e. The number of sulfonamides is 1. The van der Waals surface area contributed by atoms with E-state index >= 15 is 0 Å². The molecule has 1 aromatic rings. The van der Waals surface area contributed by atoms with Crippen LogP contribution in [0, 0.1) is 5.82 Å². The van der Waals surface area contributed by atoms with E-state index in [9.17, 15) is 12.8 Å². The summed E-state index contributed by atoms with van der Waals surface area (Å²) in [7, 11) is -3.85. The SMILES string of the molecule is CCCNCCNS(=O)(=O)c1ncccc1F. The first-order chi connectivity index (χ1) is 8.08. The first-order valence-electron chi connectivity index (χ1n) is 5.39. The van der Waals surface area contributed by atoms with E-state index in [2.05, 4.69) is 15.0 Å². The van der Waals surface area contributed by atoms with Crippen molar-refractivity contribution >= 4 is 10.0 Å². The summed E-state index contributed by atoms with van der Waals surface area (Å²) in [5.74, 6) is -0.846. The largest absolute Gasteiger partial charge is 0.315 e. The highest BCUT2D eigenvalue weighted by Gasteiger charge is 2.19. The normalized spacial score (nSPS) is 11.6. The monoisotopic (exact) mass is 261 g/mol. The molecule has 1 rings (SSSR count). The molecule has 0 radical (unpaired) electrons. The molecule has 0 amide bonds.